The van der Waals surface area contributed by atoms with Crippen molar-refractivity contribution in [2.45, 2.75) is 19.3 Å². The first kappa shape index (κ1) is 10.7. The molecule has 3 heterocycles. The highest BCUT2D eigenvalue weighted by molar-refractivity contribution is 5.79. The summed E-state index contributed by atoms with van der Waals surface area (Å²) in [4.78, 5) is 9.60. The number of halogens is 1. The van der Waals surface area contributed by atoms with E-state index in [4.69, 9.17) is 0 Å². The van der Waals surface area contributed by atoms with Crippen molar-refractivity contribution in [2.75, 3.05) is 19.6 Å². The number of hydrogen-bond donors (Lipinski definition) is 1. The van der Waals surface area contributed by atoms with Crippen molar-refractivity contribution in [1.82, 2.24) is 14.9 Å². The minimum atomic E-state index is -0.264. The molecule has 4 heteroatoms. The van der Waals surface area contributed by atoms with E-state index >= 15 is 0 Å². The van der Waals surface area contributed by atoms with Gasteiger partial charge in [-0.05, 0) is 44.0 Å². The van der Waals surface area contributed by atoms with Gasteiger partial charge in [-0.1, -0.05) is 0 Å². The highest BCUT2D eigenvalue weighted by atomic mass is 19.1. The summed E-state index contributed by atoms with van der Waals surface area (Å²) in [6, 6.07) is 1.57. The van der Waals surface area contributed by atoms with E-state index in [0.717, 1.165) is 24.0 Å². The minimum absolute atomic E-state index is 0.264. The zero-order chi connectivity index (χ0) is 11.7. The SMILES string of the molecule is Fc1cnc2[nH]cc(CCN3CCCC3)c2c1. The number of likely N-dealkylation sites (tertiary alicyclic amines) is 1. The van der Waals surface area contributed by atoms with Gasteiger partial charge in [-0.15, -0.1) is 0 Å². The van der Waals surface area contributed by atoms with E-state index in [1.807, 2.05) is 6.20 Å². The van der Waals surface area contributed by atoms with Crippen LogP contribution in [0.2, 0.25) is 0 Å². The van der Waals surface area contributed by atoms with Gasteiger partial charge in [0.15, 0.2) is 0 Å². The van der Waals surface area contributed by atoms with Crippen molar-refractivity contribution in [2.24, 2.45) is 0 Å². The molecule has 3 nitrogen and oxygen atoms in total. The number of H-pyrrole nitrogens is 1. The Bertz CT molecular complexity index is 514. The number of fused-ring (bicyclic) bond motifs is 1. The van der Waals surface area contributed by atoms with Crippen LogP contribution in [0.4, 0.5) is 4.39 Å². The predicted octanol–water partition coefficient (Wildman–Crippen LogP) is 2.34. The molecule has 0 radical (unpaired) electrons. The number of rotatable bonds is 3. The lowest BCUT2D eigenvalue weighted by atomic mass is 10.1. The van der Waals surface area contributed by atoms with Crippen molar-refractivity contribution < 1.29 is 4.39 Å². The van der Waals surface area contributed by atoms with Crippen LogP contribution in [0, 0.1) is 5.82 Å². The van der Waals surface area contributed by atoms with Gasteiger partial charge in [0.25, 0.3) is 0 Å². The Morgan fingerprint density at radius 3 is 3.00 bits per heavy atom. The van der Waals surface area contributed by atoms with Crippen molar-refractivity contribution in [1.29, 1.82) is 0 Å². The maximum absolute atomic E-state index is 13.1. The Hall–Kier alpha value is -1.42. The molecule has 0 saturated carbocycles. The van der Waals surface area contributed by atoms with Gasteiger partial charge in [-0.25, -0.2) is 9.37 Å². The standard InChI is InChI=1S/C13H16FN3/c14-11-7-12-10(8-15-13(12)16-9-11)3-6-17-4-1-2-5-17/h7-9H,1-6H2,(H,15,16). The molecule has 0 aliphatic carbocycles. The number of nitrogens with one attached hydrogen (secondary N) is 1. The van der Waals surface area contributed by atoms with E-state index in [9.17, 15) is 4.39 Å². The van der Waals surface area contributed by atoms with Gasteiger partial charge in [-0.3, -0.25) is 0 Å². The Balaban J connectivity index is 1.77. The zero-order valence-electron chi connectivity index (χ0n) is 9.75. The van der Waals surface area contributed by atoms with E-state index in [-0.39, 0.29) is 5.82 Å². The normalized spacial score (nSPS) is 17.0. The van der Waals surface area contributed by atoms with Gasteiger partial charge in [0.05, 0.1) is 6.20 Å². The average molecular weight is 233 g/mol. The number of hydrogen-bond acceptors (Lipinski definition) is 2. The molecule has 1 aliphatic rings. The summed E-state index contributed by atoms with van der Waals surface area (Å²) in [6.07, 6.45) is 6.79. The van der Waals surface area contributed by atoms with Crippen molar-refractivity contribution in [3.8, 4) is 0 Å². The molecular formula is C13H16FN3. The summed E-state index contributed by atoms with van der Waals surface area (Å²) in [5.41, 5.74) is 1.95. The van der Waals surface area contributed by atoms with Crippen LogP contribution in [0.1, 0.15) is 18.4 Å². The lowest BCUT2D eigenvalue weighted by molar-refractivity contribution is 0.344. The highest BCUT2D eigenvalue weighted by Crippen LogP contribution is 2.18. The first-order valence-electron chi connectivity index (χ1n) is 6.17. The van der Waals surface area contributed by atoms with Crippen LogP contribution in [0.5, 0.6) is 0 Å². The first-order chi connectivity index (χ1) is 8.33. The molecule has 2 aromatic rings. The second-order valence-electron chi connectivity index (χ2n) is 4.66. The lowest BCUT2D eigenvalue weighted by Crippen LogP contribution is -2.21. The molecular weight excluding hydrogens is 217 g/mol. The summed E-state index contributed by atoms with van der Waals surface area (Å²) in [5.74, 6) is -0.264. The maximum atomic E-state index is 13.1. The molecule has 2 aromatic heterocycles. The lowest BCUT2D eigenvalue weighted by Gasteiger charge is -2.13. The molecule has 0 atom stereocenters. The molecule has 3 rings (SSSR count). The molecule has 1 aliphatic heterocycles. The van der Waals surface area contributed by atoms with E-state index in [1.54, 1.807) is 6.07 Å². The molecule has 17 heavy (non-hydrogen) atoms. The largest absolute Gasteiger partial charge is 0.346 e. The van der Waals surface area contributed by atoms with E-state index in [1.165, 1.54) is 37.7 Å². The van der Waals surface area contributed by atoms with Gasteiger partial charge >= 0.3 is 0 Å². The van der Waals surface area contributed by atoms with Crippen molar-refractivity contribution in [3.63, 3.8) is 0 Å². The zero-order valence-corrected chi connectivity index (χ0v) is 9.75. The molecule has 0 spiro atoms. The minimum Gasteiger partial charge on any atom is -0.346 e. The molecule has 1 fully saturated rings. The molecule has 90 valence electrons. The van der Waals surface area contributed by atoms with Crippen LogP contribution in [0.15, 0.2) is 18.5 Å². The summed E-state index contributed by atoms with van der Waals surface area (Å²) in [7, 11) is 0. The summed E-state index contributed by atoms with van der Waals surface area (Å²) < 4.78 is 13.1. The second-order valence-corrected chi connectivity index (χ2v) is 4.66. The molecule has 0 amide bonds. The molecule has 1 N–H and O–H groups in total. The van der Waals surface area contributed by atoms with Gasteiger partial charge in [0.2, 0.25) is 0 Å². The third kappa shape index (κ3) is 2.17. The third-order valence-electron chi connectivity index (χ3n) is 3.48. The maximum Gasteiger partial charge on any atom is 0.142 e. The van der Waals surface area contributed by atoms with Crippen LogP contribution < -0.4 is 0 Å². The molecule has 1 saturated heterocycles. The number of nitrogens with zero attached hydrogens (tertiary/aromatic N) is 2. The molecule has 0 aromatic carbocycles. The van der Waals surface area contributed by atoms with Gasteiger partial charge in [0, 0.05) is 18.1 Å². The van der Waals surface area contributed by atoms with Crippen LogP contribution in [-0.2, 0) is 6.42 Å². The smallest absolute Gasteiger partial charge is 0.142 e. The Kier molecular flexibility index (Phi) is 2.81. The third-order valence-corrected chi connectivity index (χ3v) is 3.48. The topological polar surface area (TPSA) is 31.9 Å². The Morgan fingerprint density at radius 2 is 2.18 bits per heavy atom. The summed E-state index contributed by atoms with van der Waals surface area (Å²) in [5, 5.41) is 0.921. The van der Waals surface area contributed by atoms with Gasteiger partial charge in [0.1, 0.15) is 11.5 Å². The van der Waals surface area contributed by atoms with Crippen LogP contribution in [-0.4, -0.2) is 34.5 Å². The summed E-state index contributed by atoms with van der Waals surface area (Å²) >= 11 is 0. The van der Waals surface area contributed by atoms with Gasteiger partial charge < -0.3 is 9.88 Å². The number of pyridine rings is 1. The highest BCUT2D eigenvalue weighted by Gasteiger charge is 2.12. The first-order valence-corrected chi connectivity index (χ1v) is 6.17. The fourth-order valence-electron chi connectivity index (χ4n) is 2.52. The fourth-order valence-corrected chi connectivity index (χ4v) is 2.52. The Morgan fingerprint density at radius 1 is 1.35 bits per heavy atom. The van der Waals surface area contributed by atoms with E-state index < -0.39 is 0 Å². The number of aromatic nitrogens is 2. The predicted molar refractivity (Wildman–Crippen MR) is 65.4 cm³/mol. The van der Waals surface area contributed by atoms with Crippen LogP contribution in [0.3, 0.4) is 0 Å². The molecule has 0 bridgehead atoms. The van der Waals surface area contributed by atoms with Crippen molar-refractivity contribution in [3.05, 3.63) is 29.8 Å². The van der Waals surface area contributed by atoms with Crippen LogP contribution >= 0.6 is 0 Å². The van der Waals surface area contributed by atoms with Crippen LogP contribution in [0.25, 0.3) is 11.0 Å². The quantitative estimate of drug-likeness (QED) is 0.882. The van der Waals surface area contributed by atoms with Gasteiger partial charge in [-0.2, -0.15) is 0 Å². The van der Waals surface area contributed by atoms with E-state index in [0.29, 0.717) is 0 Å². The number of aromatic amines is 1. The monoisotopic (exact) mass is 233 g/mol. The average Bonchev–Trinajstić information content (AvgIpc) is 2.94. The second kappa shape index (κ2) is 4.45. The van der Waals surface area contributed by atoms with Crippen molar-refractivity contribution >= 4 is 11.0 Å². The summed E-state index contributed by atoms with van der Waals surface area (Å²) in [6.45, 7) is 3.47. The Labute approximate surface area is 99.7 Å². The van der Waals surface area contributed by atoms with E-state index in [2.05, 4.69) is 14.9 Å². The molecule has 0 unspecified atom stereocenters. The fraction of sp³-hybridized carbons (Fsp3) is 0.462.